The van der Waals surface area contributed by atoms with Crippen LogP contribution >= 0.6 is 11.3 Å². The standard InChI is InChI=1S/C32H30N4OS/c33-29-28-26(23-12-6-2-7-13-23)20-27(24-14-8-3-9-15-24)35-32(28)38-30(29)31(37)34-25-16-18-36(19-17-25)21-22-10-4-1-5-11-22/h1-15,20,25H,16-19,21,33H2,(H,34,37). The molecular weight excluding hydrogens is 488 g/mol. The molecule has 0 bridgehead atoms. The first-order valence-corrected chi connectivity index (χ1v) is 13.9. The number of rotatable bonds is 6. The minimum Gasteiger partial charge on any atom is -0.397 e. The summed E-state index contributed by atoms with van der Waals surface area (Å²) in [7, 11) is 0. The van der Waals surface area contributed by atoms with E-state index in [0.29, 0.717) is 10.6 Å². The third kappa shape index (κ3) is 5.05. The summed E-state index contributed by atoms with van der Waals surface area (Å²) in [6.45, 7) is 2.87. The van der Waals surface area contributed by atoms with Crippen LogP contribution in [-0.4, -0.2) is 34.9 Å². The van der Waals surface area contributed by atoms with Gasteiger partial charge < -0.3 is 11.1 Å². The maximum absolute atomic E-state index is 13.5. The van der Waals surface area contributed by atoms with Gasteiger partial charge in [-0.3, -0.25) is 9.69 Å². The summed E-state index contributed by atoms with van der Waals surface area (Å²) in [5.41, 5.74) is 12.5. The number of carbonyl (C=O) groups excluding carboxylic acids is 1. The van der Waals surface area contributed by atoms with E-state index >= 15 is 0 Å². The van der Waals surface area contributed by atoms with Crippen LogP contribution in [0.3, 0.4) is 0 Å². The highest BCUT2D eigenvalue weighted by Gasteiger charge is 2.25. The number of thiophene rings is 1. The molecule has 0 aliphatic carbocycles. The van der Waals surface area contributed by atoms with E-state index in [1.165, 1.54) is 16.9 Å². The van der Waals surface area contributed by atoms with Crippen molar-refractivity contribution < 1.29 is 4.79 Å². The van der Waals surface area contributed by atoms with Gasteiger partial charge in [0.25, 0.3) is 5.91 Å². The first-order valence-electron chi connectivity index (χ1n) is 13.1. The number of hydrogen-bond donors (Lipinski definition) is 2. The molecule has 1 aliphatic heterocycles. The number of fused-ring (bicyclic) bond motifs is 1. The van der Waals surface area contributed by atoms with Crippen molar-refractivity contribution in [2.24, 2.45) is 0 Å². The third-order valence-electron chi connectivity index (χ3n) is 7.23. The lowest BCUT2D eigenvalue weighted by Crippen LogP contribution is -2.44. The summed E-state index contributed by atoms with van der Waals surface area (Å²) in [5, 5.41) is 4.11. The number of nitrogen functional groups attached to an aromatic ring is 1. The van der Waals surface area contributed by atoms with E-state index in [2.05, 4.69) is 64.8 Å². The van der Waals surface area contributed by atoms with Crippen molar-refractivity contribution in [3.8, 4) is 22.4 Å². The zero-order chi connectivity index (χ0) is 25.9. The highest BCUT2D eigenvalue weighted by Crippen LogP contribution is 2.41. The number of nitrogens with one attached hydrogen (secondary N) is 1. The molecule has 0 radical (unpaired) electrons. The molecule has 38 heavy (non-hydrogen) atoms. The highest BCUT2D eigenvalue weighted by molar-refractivity contribution is 7.21. The topological polar surface area (TPSA) is 71.2 Å². The maximum Gasteiger partial charge on any atom is 0.263 e. The molecule has 6 rings (SSSR count). The van der Waals surface area contributed by atoms with Gasteiger partial charge in [-0.25, -0.2) is 4.98 Å². The minimum absolute atomic E-state index is 0.104. The first kappa shape index (κ1) is 24.3. The summed E-state index contributed by atoms with van der Waals surface area (Å²) in [4.78, 5) is 22.2. The largest absolute Gasteiger partial charge is 0.397 e. The van der Waals surface area contributed by atoms with Gasteiger partial charge in [0, 0.05) is 36.6 Å². The molecule has 190 valence electrons. The van der Waals surface area contributed by atoms with Crippen molar-refractivity contribution in [1.29, 1.82) is 0 Å². The van der Waals surface area contributed by atoms with Gasteiger partial charge in [0.05, 0.1) is 11.4 Å². The lowest BCUT2D eigenvalue weighted by molar-refractivity contribution is 0.0914. The van der Waals surface area contributed by atoms with E-state index in [4.69, 9.17) is 10.7 Å². The molecule has 0 spiro atoms. The number of benzene rings is 3. The smallest absolute Gasteiger partial charge is 0.263 e. The van der Waals surface area contributed by atoms with Crippen molar-refractivity contribution in [2.45, 2.75) is 25.4 Å². The average molecular weight is 519 g/mol. The van der Waals surface area contributed by atoms with Crippen molar-refractivity contribution in [3.63, 3.8) is 0 Å². The van der Waals surface area contributed by atoms with Gasteiger partial charge in [0.2, 0.25) is 0 Å². The molecule has 0 saturated carbocycles. The highest BCUT2D eigenvalue weighted by atomic mass is 32.1. The Morgan fingerprint density at radius 1 is 0.895 bits per heavy atom. The SMILES string of the molecule is Nc1c(C(=O)NC2CCN(Cc3ccccc3)CC2)sc2nc(-c3ccccc3)cc(-c3ccccc3)c12. The zero-order valence-electron chi connectivity index (χ0n) is 21.1. The second-order valence-electron chi connectivity index (χ2n) is 9.82. The summed E-state index contributed by atoms with van der Waals surface area (Å²) in [6.07, 6.45) is 1.85. The van der Waals surface area contributed by atoms with E-state index in [-0.39, 0.29) is 11.9 Å². The molecule has 6 heteroatoms. The predicted molar refractivity (Wildman–Crippen MR) is 157 cm³/mol. The summed E-state index contributed by atoms with van der Waals surface area (Å²) in [6, 6.07) is 33.1. The molecule has 0 unspecified atom stereocenters. The Hall–Kier alpha value is -4.00. The summed E-state index contributed by atoms with van der Waals surface area (Å²) >= 11 is 1.38. The number of piperidine rings is 1. The van der Waals surface area contributed by atoms with Crippen LogP contribution in [0.5, 0.6) is 0 Å². The molecule has 3 N–H and O–H groups in total. The fourth-order valence-electron chi connectivity index (χ4n) is 5.22. The van der Waals surface area contributed by atoms with E-state index in [1.54, 1.807) is 0 Å². The number of aromatic nitrogens is 1. The first-order chi connectivity index (χ1) is 18.7. The molecular formula is C32H30N4OS. The number of nitrogens with zero attached hydrogens (tertiary/aromatic N) is 2. The van der Waals surface area contributed by atoms with E-state index in [1.807, 2.05) is 42.5 Å². The van der Waals surface area contributed by atoms with E-state index in [9.17, 15) is 4.79 Å². The fraction of sp³-hybridized carbons (Fsp3) is 0.188. The van der Waals surface area contributed by atoms with E-state index in [0.717, 1.165) is 65.1 Å². The van der Waals surface area contributed by atoms with Gasteiger partial charge in [-0.15, -0.1) is 11.3 Å². The van der Waals surface area contributed by atoms with Crippen molar-refractivity contribution in [2.75, 3.05) is 18.8 Å². The van der Waals surface area contributed by atoms with Crippen LogP contribution in [-0.2, 0) is 6.54 Å². The van der Waals surface area contributed by atoms with Gasteiger partial charge in [-0.2, -0.15) is 0 Å². The molecule has 3 heterocycles. The van der Waals surface area contributed by atoms with Crippen molar-refractivity contribution in [1.82, 2.24) is 15.2 Å². The molecule has 1 amide bonds. The predicted octanol–water partition coefficient (Wildman–Crippen LogP) is 6.61. The lowest BCUT2D eigenvalue weighted by Gasteiger charge is -2.32. The van der Waals surface area contributed by atoms with Crippen molar-refractivity contribution >= 4 is 33.1 Å². The van der Waals surface area contributed by atoms with Crippen LogP contribution in [0.4, 0.5) is 5.69 Å². The second-order valence-corrected chi connectivity index (χ2v) is 10.8. The van der Waals surface area contributed by atoms with Crippen LogP contribution in [0.2, 0.25) is 0 Å². The van der Waals surface area contributed by atoms with Crippen LogP contribution in [0, 0.1) is 0 Å². The Morgan fingerprint density at radius 2 is 1.50 bits per heavy atom. The van der Waals surface area contributed by atoms with Gasteiger partial charge in [0.15, 0.2) is 0 Å². The van der Waals surface area contributed by atoms with Crippen molar-refractivity contribution in [3.05, 3.63) is 108 Å². The van der Waals surface area contributed by atoms with Gasteiger partial charge in [-0.05, 0) is 35.6 Å². The van der Waals surface area contributed by atoms with Crippen LogP contribution < -0.4 is 11.1 Å². The number of anilines is 1. The molecule has 1 fully saturated rings. The Morgan fingerprint density at radius 3 is 2.16 bits per heavy atom. The fourth-order valence-corrected chi connectivity index (χ4v) is 6.24. The molecule has 0 atom stereocenters. The normalized spacial score (nSPS) is 14.5. The van der Waals surface area contributed by atoms with Gasteiger partial charge in [0.1, 0.15) is 9.71 Å². The Bertz CT molecular complexity index is 1540. The van der Waals surface area contributed by atoms with Gasteiger partial charge in [-0.1, -0.05) is 91.0 Å². The Kier molecular flexibility index (Phi) is 6.90. The molecule has 1 aliphatic rings. The summed E-state index contributed by atoms with van der Waals surface area (Å²) < 4.78 is 0. The van der Waals surface area contributed by atoms with Crippen LogP contribution in [0.1, 0.15) is 28.1 Å². The number of pyridine rings is 1. The molecule has 5 aromatic rings. The Labute approximate surface area is 227 Å². The lowest BCUT2D eigenvalue weighted by atomic mass is 9.99. The number of amides is 1. The zero-order valence-corrected chi connectivity index (χ0v) is 22.0. The number of nitrogens with two attached hydrogens (primary N) is 1. The average Bonchev–Trinajstić information content (AvgIpc) is 3.31. The van der Waals surface area contributed by atoms with Gasteiger partial charge >= 0.3 is 0 Å². The third-order valence-corrected chi connectivity index (χ3v) is 8.33. The number of carbonyl (C=O) groups is 1. The number of hydrogen-bond acceptors (Lipinski definition) is 5. The maximum atomic E-state index is 13.5. The summed E-state index contributed by atoms with van der Waals surface area (Å²) in [5.74, 6) is -0.104. The second kappa shape index (κ2) is 10.8. The minimum atomic E-state index is -0.104. The van der Waals surface area contributed by atoms with Crippen LogP contribution in [0.15, 0.2) is 97.1 Å². The molecule has 2 aromatic heterocycles. The molecule has 1 saturated heterocycles. The number of likely N-dealkylation sites (tertiary alicyclic amines) is 1. The van der Waals surface area contributed by atoms with E-state index < -0.39 is 0 Å². The monoisotopic (exact) mass is 518 g/mol. The van der Waals surface area contributed by atoms with Crippen LogP contribution in [0.25, 0.3) is 32.6 Å². The quantitative estimate of drug-likeness (QED) is 0.265. The Balaban J connectivity index is 1.25. The molecule has 5 nitrogen and oxygen atoms in total. The molecule has 3 aromatic carbocycles.